The van der Waals surface area contributed by atoms with Crippen molar-refractivity contribution in [3.63, 3.8) is 0 Å². The van der Waals surface area contributed by atoms with Crippen LogP contribution in [0.2, 0.25) is 0 Å². The van der Waals surface area contributed by atoms with Crippen LogP contribution in [0.3, 0.4) is 0 Å². The minimum atomic E-state index is 0.330. The number of ether oxygens (including phenoxy) is 1. The van der Waals surface area contributed by atoms with Crippen LogP contribution in [0.15, 0.2) is 6.07 Å². The van der Waals surface area contributed by atoms with Crippen LogP contribution in [0.1, 0.15) is 11.3 Å². The second-order valence-corrected chi connectivity index (χ2v) is 3.33. The lowest BCUT2D eigenvalue weighted by molar-refractivity contribution is 0.411. The maximum atomic E-state index is 8.75. The lowest BCUT2D eigenvalue weighted by atomic mass is 10.2. The molecule has 1 aromatic rings. The van der Waals surface area contributed by atoms with Crippen molar-refractivity contribution < 1.29 is 4.74 Å². The molecule has 1 N–H and O–H groups in total. The van der Waals surface area contributed by atoms with E-state index in [1.54, 1.807) is 19.1 Å². The number of anilines is 1. The Morgan fingerprint density at radius 1 is 1.77 bits per heavy atom. The highest BCUT2D eigenvalue weighted by atomic mass is 32.2. The zero-order chi connectivity index (χ0) is 9.26. The predicted molar refractivity (Wildman–Crippen MR) is 50.4 cm³/mol. The van der Waals surface area contributed by atoms with Crippen LogP contribution in [0.25, 0.3) is 0 Å². The summed E-state index contributed by atoms with van der Waals surface area (Å²) in [5.41, 5.74) is 1.41. The Bertz CT molecular complexity index is 386. The van der Waals surface area contributed by atoms with E-state index in [1.165, 1.54) is 0 Å². The van der Waals surface area contributed by atoms with Gasteiger partial charge in [-0.1, -0.05) is 0 Å². The van der Waals surface area contributed by atoms with Crippen LogP contribution in [0, 0.1) is 11.3 Å². The number of methoxy groups -OCH3 is 1. The second-order valence-electron chi connectivity index (χ2n) is 2.55. The van der Waals surface area contributed by atoms with Gasteiger partial charge in [-0.25, -0.2) is 4.98 Å². The van der Waals surface area contributed by atoms with Gasteiger partial charge in [0.05, 0.1) is 7.11 Å². The van der Waals surface area contributed by atoms with Crippen LogP contribution in [0.5, 0.6) is 5.75 Å². The molecule has 1 aliphatic rings. The zero-order valence-electron chi connectivity index (χ0n) is 7.00. The van der Waals surface area contributed by atoms with Crippen molar-refractivity contribution in [2.24, 2.45) is 0 Å². The molecule has 0 unspecified atom stereocenters. The highest BCUT2D eigenvalue weighted by molar-refractivity contribution is 8.00. The summed E-state index contributed by atoms with van der Waals surface area (Å²) in [6, 6.07) is 3.85. The summed E-state index contributed by atoms with van der Waals surface area (Å²) in [7, 11) is 1.54. The fourth-order valence-electron chi connectivity index (χ4n) is 1.15. The second kappa shape index (κ2) is 3.15. The maximum absolute atomic E-state index is 8.75. The molecule has 1 aromatic heterocycles. The minimum absolute atomic E-state index is 0.330. The molecule has 0 saturated carbocycles. The zero-order valence-corrected chi connectivity index (χ0v) is 7.81. The Morgan fingerprint density at radius 3 is 3.31 bits per heavy atom. The monoisotopic (exact) mass is 193 g/mol. The molecule has 0 saturated heterocycles. The van der Waals surface area contributed by atoms with E-state index in [-0.39, 0.29) is 0 Å². The third-order valence-electron chi connectivity index (χ3n) is 1.79. The Hall–Kier alpha value is -1.41. The van der Waals surface area contributed by atoms with Crippen LogP contribution >= 0.6 is 11.9 Å². The number of hydrogen-bond acceptors (Lipinski definition) is 5. The Kier molecular flexibility index (Phi) is 1.99. The third kappa shape index (κ3) is 1.29. The summed E-state index contributed by atoms with van der Waals surface area (Å²) in [6.45, 7) is 0. The highest BCUT2D eigenvalue weighted by Gasteiger charge is 2.16. The van der Waals surface area contributed by atoms with Crippen molar-refractivity contribution in [1.82, 2.24) is 4.98 Å². The van der Waals surface area contributed by atoms with Crippen LogP contribution in [-0.4, -0.2) is 12.1 Å². The molecule has 4 nitrogen and oxygen atoms in total. The van der Waals surface area contributed by atoms with E-state index in [9.17, 15) is 0 Å². The van der Waals surface area contributed by atoms with Gasteiger partial charge in [0, 0.05) is 11.3 Å². The summed E-state index contributed by atoms with van der Waals surface area (Å²) < 4.78 is 8.06. The number of fused-ring (bicyclic) bond motifs is 1. The molecule has 0 atom stereocenters. The first-order valence-electron chi connectivity index (χ1n) is 3.71. The minimum Gasteiger partial charge on any atom is -0.494 e. The summed E-state index contributed by atoms with van der Waals surface area (Å²) in [4.78, 5) is 4.12. The van der Waals surface area contributed by atoms with Crippen LogP contribution in [0.4, 0.5) is 5.82 Å². The number of rotatable bonds is 1. The molecule has 0 fully saturated rings. The Labute approximate surface area is 80.1 Å². The number of aromatic nitrogens is 1. The average molecular weight is 193 g/mol. The molecule has 1 aliphatic heterocycles. The molecular weight excluding hydrogens is 186 g/mol. The molecule has 0 aliphatic carbocycles. The van der Waals surface area contributed by atoms with E-state index in [0.717, 1.165) is 17.1 Å². The van der Waals surface area contributed by atoms with Gasteiger partial charge in [-0.3, -0.25) is 0 Å². The summed E-state index contributed by atoms with van der Waals surface area (Å²) in [5, 5.41) is 8.75. The molecule has 2 rings (SSSR count). The van der Waals surface area contributed by atoms with Gasteiger partial charge in [0.15, 0.2) is 11.4 Å². The summed E-state index contributed by atoms with van der Waals surface area (Å²) >= 11 is 1.56. The van der Waals surface area contributed by atoms with Crippen molar-refractivity contribution in [2.75, 3.05) is 11.8 Å². The number of hydrogen-bond donors (Lipinski definition) is 1. The van der Waals surface area contributed by atoms with Gasteiger partial charge in [-0.15, -0.1) is 0 Å². The maximum Gasteiger partial charge on any atom is 0.184 e. The normalized spacial score (nSPS) is 12.9. The largest absolute Gasteiger partial charge is 0.494 e. The number of pyridine rings is 1. The number of nitriles is 1. The molecule has 0 spiro atoms. The van der Waals surface area contributed by atoms with Gasteiger partial charge >= 0.3 is 0 Å². The fraction of sp³-hybridized carbons (Fsp3) is 0.250. The molecule has 0 bridgehead atoms. The van der Waals surface area contributed by atoms with Gasteiger partial charge in [0.2, 0.25) is 0 Å². The molecule has 13 heavy (non-hydrogen) atoms. The number of nitrogens with one attached hydrogen (secondary N) is 1. The van der Waals surface area contributed by atoms with Crippen molar-refractivity contribution in [3.8, 4) is 11.8 Å². The van der Waals surface area contributed by atoms with Gasteiger partial charge in [-0.05, 0) is 18.0 Å². The summed E-state index contributed by atoms with van der Waals surface area (Å²) in [6.07, 6.45) is 0. The van der Waals surface area contributed by atoms with Gasteiger partial charge < -0.3 is 9.46 Å². The standard InChI is InChI=1S/C8H7N3OS/c1-12-7-2-5-4-13-11-8(5)10-6(7)3-9/h2H,4H2,1H3,(H,10,11). The fourth-order valence-corrected chi connectivity index (χ4v) is 1.91. The molecular formula is C8H7N3OS. The molecule has 0 radical (unpaired) electrons. The van der Waals surface area contributed by atoms with E-state index in [1.807, 2.05) is 12.1 Å². The third-order valence-corrected chi connectivity index (χ3v) is 2.58. The van der Waals surface area contributed by atoms with Crippen LogP contribution < -0.4 is 9.46 Å². The van der Waals surface area contributed by atoms with Gasteiger partial charge in [0.1, 0.15) is 11.9 Å². The smallest absolute Gasteiger partial charge is 0.184 e. The van der Waals surface area contributed by atoms with E-state index >= 15 is 0 Å². The van der Waals surface area contributed by atoms with Gasteiger partial charge in [0.25, 0.3) is 0 Å². The van der Waals surface area contributed by atoms with E-state index < -0.39 is 0 Å². The van der Waals surface area contributed by atoms with E-state index in [4.69, 9.17) is 10.00 Å². The Balaban J connectivity index is 2.55. The highest BCUT2D eigenvalue weighted by Crippen LogP contribution is 2.32. The first kappa shape index (κ1) is 8.20. The molecule has 5 heteroatoms. The first-order chi connectivity index (χ1) is 6.35. The lowest BCUT2D eigenvalue weighted by Crippen LogP contribution is -1.95. The van der Waals surface area contributed by atoms with Gasteiger partial charge in [-0.2, -0.15) is 5.26 Å². The summed E-state index contributed by atoms with van der Waals surface area (Å²) in [5.74, 6) is 2.19. The number of nitrogens with zero attached hydrogens (tertiary/aromatic N) is 2. The predicted octanol–water partition coefficient (Wildman–Crippen LogP) is 1.54. The topological polar surface area (TPSA) is 57.9 Å². The molecule has 66 valence electrons. The van der Waals surface area contributed by atoms with Crippen molar-refractivity contribution in [2.45, 2.75) is 5.75 Å². The molecule has 0 amide bonds. The molecule has 0 aromatic carbocycles. The first-order valence-corrected chi connectivity index (χ1v) is 4.69. The van der Waals surface area contributed by atoms with E-state index in [2.05, 4.69) is 9.71 Å². The lowest BCUT2D eigenvalue weighted by Gasteiger charge is -2.03. The van der Waals surface area contributed by atoms with Crippen LogP contribution in [-0.2, 0) is 5.75 Å². The van der Waals surface area contributed by atoms with Crippen molar-refractivity contribution in [3.05, 3.63) is 17.3 Å². The average Bonchev–Trinajstić information content (AvgIpc) is 2.62. The quantitative estimate of drug-likeness (QED) is 0.685. The SMILES string of the molecule is COc1cc2c(nc1C#N)NSC2. The Morgan fingerprint density at radius 2 is 2.62 bits per heavy atom. The van der Waals surface area contributed by atoms with Crippen molar-refractivity contribution in [1.29, 1.82) is 5.26 Å². The van der Waals surface area contributed by atoms with Crippen molar-refractivity contribution >= 4 is 17.8 Å². The molecule has 2 heterocycles. The van der Waals surface area contributed by atoms with E-state index in [0.29, 0.717) is 11.4 Å².